The molecule has 2 rings (SSSR count). The number of aryl methyl sites for hydroxylation is 1. The van der Waals surface area contributed by atoms with E-state index in [1.165, 1.54) is 24.0 Å². The summed E-state index contributed by atoms with van der Waals surface area (Å²) >= 11 is 0. The molecule has 1 saturated carbocycles. The molecule has 2 heteroatoms. The van der Waals surface area contributed by atoms with Gasteiger partial charge >= 0.3 is 0 Å². The molecule has 2 nitrogen and oxygen atoms in total. The van der Waals surface area contributed by atoms with Gasteiger partial charge in [0.15, 0.2) is 0 Å². The van der Waals surface area contributed by atoms with E-state index in [1.54, 1.807) is 0 Å². The molecule has 1 aliphatic carbocycles. The van der Waals surface area contributed by atoms with Crippen molar-refractivity contribution in [1.82, 2.24) is 5.32 Å². The van der Waals surface area contributed by atoms with E-state index in [0.29, 0.717) is 5.92 Å². The van der Waals surface area contributed by atoms with Crippen molar-refractivity contribution in [3.63, 3.8) is 0 Å². The monoisotopic (exact) mass is 233 g/mol. The number of hydrogen-bond acceptors (Lipinski definition) is 2. The van der Waals surface area contributed by atoms with Crippen LogP contribution in [0.4, 0.5) is 0 Å². The second-order valence-corrected chi connectivity index (χ2v) is 5.30. The van der Waals surface area contributed by atoms with Crippen molar-refractivity contribution in [3.8, 4) is 5.75 Å². The van der Waals surface area contributed by atoms with Crippen molar-refractivity contribution in [2.45, 2.75) is 39.7 Å². The summed E-state index contributed by atoms with van der Waals surface area (Å²) in [4.78, 5) is 0. The summed E-state index contributed by atoms with van der Waals surface area (Å²) in [5.74, 6) is 1.60. The fourth-order valence-corrected chi connectivity index (χ4v) is 1.83. The van der Waals surface area contributed by atoms with Gasteiger partial charge in [-0.05, 0) is 43.9 Å². The lowest BCUT2D eigenvalue weighted by Crippen LogP contribution is -2.26. The van der Waals surface area contributed by atoms with Gasteiger partial charge in [-0.15, -0.1) is 0 Å². The standard InChI is InChI=1S/C15H23NO/c1-11(9-16-14-7-8-14)10-17-15-6-4-5-12(2)13(15)3/h4-6,11,14,16H,7-10H2,1-3H3. The predicted octanol–water partition coefficient (Wildman–Crippen LogP) is 3.07. The molecule has 1 aromatic rings. The van der Waals surface area contributed by atoms with Crippen molar-refractivity contribution in [2.75, 3.05) is 13.2 Å². The van der Waals surface area contributed by atoms with Crippen LogP contribution in [0.3, 0.4) is 0 Å². The van der Waals surface area contributed by atoms with E-state index in [4.69, 9.17) is 4.74 Å². The first-order valence-electron chi connectivity index (χ1n) is 6.59. The maximum atomic E-state index is 5.89. The first-order valence-corrected chi connectivity index (χ1v) is 6.59. The van der Waals surface area contributed by atoms with Gasteiger partial charge in [-0.3, -0.25) is 0 Å². The Balaban J connectivity index is 1.77. The first-order chi connectivity index (χ1) is 8.16. The van der Waals surface area contributed by atoms with E-state index in [1.807, 2.05) is 0 Å². The Hall–Kier alpha value is -1.02. The van der Waals surface area contributed by atoms with Crippen molar-refractivity contribution < 1.29 is 4.74 Å². The molecule has 0 saturated heterocycles. The van der Waals surface area contributed by atoms with Gasteiger partial charge in [-0.25, -0.2) is 0 Å². The summed E-state index contributed by atoms with van der Waals surface area (Å²) in [7, 11) is 0. The summed E-state index contributed by atoms with van der Waals surface area (Å²) in [6.07, 6.45) is 2.70. The minimum absolute atomic E-state index is 0.565. The highest BCUT2D eigenvalue weighted by molar-refractivity contribution is 5.38. The van der Waals surface area contributed by atoms with Crippen LogP contribution < -0.4 is 10.1 Å². The van der Waals surface area contributed by atoms with Crippen LogP contribution in [-0.4, -0.2) is 19.2 Å². The highest BCUT2D eigenvalue weighted by Gasteiger charge is 2.20. The number of ether oxygens (including phenoxy) is 1. The minimum atomic E-state index is 0.565. The van der Waals surface area contributed by atoms with Crippen molar-refractivity contribution in [1.29, 1.82) is 0 Å². The molecule has 17 heavy (non-hydrogen) atoms. The van der Waals surface area contributed by atoms with Gasteiger partial charge in [-0.1, -0.05) is 19.1 Å². The Bertz CT molecular complexity index is 371. The molecule has 0 bridgehead atoms. The smallest absolute Gasteiger partial charge is 0.122 e. The molecule has 0 spiro atoms. The van der Waals surface area contributed by atoms with Gasteiger partial charge in [0, 0.05) is 18.5 Å². The Morgan fingerprint density at radius 3 is 2.82 bits per heavy atom. The lowest BCUT2D eigenvalue weighted by atomic mass is 10.1. The number of rotatable bonds is 6. The average molecular weight is 233 g/mol. The molecule has 0 aliphatic heterocycles. The van der Waals surface area contributed by atoms with Crippen LogP contribution in [-0.2, 0) is 0 Å². The Morgan fingerprint density at radius 2 is 2.12 bits per heavy atom. The molecule has 0 radical (unpaired) electrons. The summed E-state index contributed by atoms with van der Waals surface area (Å²) in [6, 6.07) is 7.03. The second kappa shape index (κ2) is 5.54. The SMILES string of the molecule is Cc1cccc(OCC(C)CNC2CC2)c1C. The zero-order chi connectivity index (χ0) is 12.3. The summed E-state index contributed by atoms with van der Waals surface area (Å²) in [5, 5.41) is 3.54. The maximum absolute atomic E-state index is 5.89. The van der Waals surface area contributed by atoms with Crippen LogP contribution in [0.5, 0.6) is 5.75 Å². The van der Waals surface area contributed by atoms with E-state index in [0.717, 1.165) is 24.9 Å². The first kappa shape index (κ1) is 12.4. The van der Waals surface area contributed by atoms with Crippen LogP contribution in [0.25, 0.3) is 0 Å². The minimum Gasteiger partial charge on any atom is -0.493 e. The Kier molecular flexibility index (Phi) is 4.06. The third kappa shape index (κ3) is 3.74. The van der Waals surface area contributed by atoms with Crippen molar-refractivity contribution in [2.24, 2.45) is 5.92 Å². The fourth-order valence-electron chi connectivity index (χ4n) is 1.83. The molecule has 0 heterocycles. The largest absolute Gasteiger partial charge is 0.493 e. The van der Waals surface area contributed by atoms with Crippen LogP contribution >= 0.6 is 0 Å². The van der Waals surface area contributed by atoms with Crippen LogP contribution in [0.15, 0.2) is 18.2 Å². The van der Waals surface area contributed by atoms with E-state index >= 15 is 0 Å². The van der Waals surface area contributed by atoms with Crippen LogP contribution in [0.1, 0.15) is 30.9 Å². The van der Waals surface area contributed by atoms with Crippen molar-refractivity contribution >= 4 is 0 Å². The van der Waals surface area contributed by atoms with Crippen molar-refractivity contribution in [3.05, 3.63) is 29.3 Å². The Morgan fingerprint density at radius 1 is 1.35 bits per heavy atom. The second-order valence-electron chi connectivity index (χ2n) is 5.30. The van der Waals surface area contributed by atoms with Gasteiger partial charge < -0.3 is 10.1 Å². The molecule has 1 N–H and O–H groups in total. The van der Waals surface area contributed by atoms with Crippen LogP contribution in [0, 0.1) is 19.8 Å². The van der Waals surface area contributed by atoms with Gasteiger partial charge in [0.1, 0.15) is 5.75 Å². The number of hydrogen-bond donors (Lipinski definition) is 1. The summed E-state index contributed by atoms with van der Waals surface area (Å²) in [5.41, 5.74) is 2.56. The molecule has 1 unspecified atom stereocenters. The molecule has 1 atom stereocenters. The third-order valence-corrected chi connectivity index (χ3v) is 3.41. The highest BCUT2D eigenvalue weighted by Crippen LogP contribution is 2.21. The zero-order valence-corrected chi connectivity index (χ0v) is 11.1. The van der Waals surface area contributed by atoms with E-state index in [9.17, 15) is 0 Å². The van der Waals surface area contributed by atoms with Gasteiger partial charge in [-0.2, -0.15) is 0 Å². The molecular formula is C15H23NO. The summed E-state index contributed by atoms with van der Waals surface area (Å²) < 4.78 is 5.89. The number of nitrogens with one attached hydrogen (secondary N) is 1. The quantitative estimate of drug-likeness (QED) is 0.815. The van der Waals surface area contributed by atoms with E-state index < -0.39 is 0 Å². The molecule has 1 fully saturated rings. The lowest BCUT2D eigenvalue weighted by molar-refractivity contribution is 0.254. The molecule has 1 aliphatic rings. The number of benzene rings is 1. The Labute approximate surface area is 104 Å². The van der Waals surface area contributed by atoms with Gasteiger partial charge in [0.25, 0.3) is 0 Å². The molecule has 0 amide bonds. The lowest BCUT2D eigenvalue weighted by Gasteiger charge is -2.15. The highest BCUT2D eigenvalue weighted by atomic mass is 16.5. The third-order valence-electron chi connectivity index (χ3n) is 3.41. The maximum Gasteiger partial charge on any atom is 0.122 e. The van der Waals surface area contributed by atoms with E-state index in [2.05, 4.69) is 44.3 Å². The molecule has 1 aromatic carbocycles. The molecular weight excluding hydrogens is 210 g/mol. The van der Waals surface area contributed by atoms with Gasteiger partial charge in [0.05, 0.1) is 6.61 Å². The fraction of sp³-hybridized carbons (Fsp3) is 0.600. The molecule has 94 valence electrons. The van der Waals surface area contributed by atoms with E-state index in [-0.39, 0.29) is 0 Å². The van der Waals surface area contributed by atoms with Crippen LogP contribution in [0.2, 0.25) is 0 Å². The zero-order valence-electron chi connectivity index (χ0n) is 11.1. The van der Waals surface area contributed by atoms with Gasteiger partial charge in [0.2, 0.25) is 0 Å². The average Bonchev–Trinajstić information content (AvgIpc) is 3.12. The molecule has 0 aromatic heterocycles. The summed E-state index contributed by atoms with van der Waals surface area (Å²) in [6.45, 7) is 8.35. The normalized spacial score (nSPS) is 16.9. The topological polar surface area (TPSA) is 21.3 Å². The predicted molar refractivity (Wildman–Crippen MR) is 71.6 cm³/mol.